The number of amides is 2. The number of benzene rings is 2. The average molecular weight is 459 g/mol. The molecule has 1 N–H and O–H groups in total. The molecule has 0 bridgehead atoms. The van der Waals surface area contributed by atoms with Crippen molar-refractivity contribution < 1.29 is 14.3 Å². The van der Waals surface area contributed by atoms with E-state index in [1.54, 1.807) is 36.4 Å². The predicted molar refractivity (Wildman–Crippen MR) is 121 cm³/mol. The average Bonchev–Trinajstić information content (AvgIpc) is 3.30. The van der Waals surface area contributed by atoms with Crippen molar-refractivity contribution in [1.29, 1.82) is 0 Å². The Balaban J connectivity index is 1.74. The van der Waals surface area contributed by atoms with Gasteiger partial charge in [0.25, 0.3) is 11.8 Å². The third kappa shape index (κ3) is 3.94. The van der Waals surface area contributed by atoms with Crippen molar-refractivity contribution in [3.8, 4) is 5.75 Å². The number of halogens is 2. The summed E-state index contributed by atoms with van der Waals surface area (Å²) in [5.41, 5.74) is 1.48. The second-order valence-electron chi connectivity index (χ2n) is 6.38. The number of rotatable bonds is 6. The minimum absolute atomic E-state index is 0.197. The Kier molecular flexibility index (Phi) is 5.81. The molecule has 2 amide bonds. The zero-order valence-electron chi connectivity index (χ0n) is 15.8. The SMILES string of the molecule is CCOc1ccc(NC2=C(c3cccs3)C(=O)N(c3cc(Cl)cc(Cl)c3)C2=O)cc1. The smallest absolute Gasteiger partial charge is 0.282 e. The van der Waals surface area contributed by atoms with Crippen LogP contribution in [0.15, 0.2) is 65.7 Å². The van der Waals surface area contributed by atoms with Crippen molar-refractivity contribution in [3.05, 3.63) is 80.6 Å². The van der Waals surface area contributed by atoms with Gasteiger partial charge >= 0.3 is 0 Å². The summed E-state index contributed by atoms with van der Waals surface area (Å²) in [6.45, 7) is 2.47. The molecule has 30 heavy (non-hydrogen) atoms. The fourth-order valence-corrected chi connectivity index (χ4v) is 4.43. The summed E-state index contributed by atoms with van der Waals surface area (Å²) in [4.78, 5) is 28.4. The molecular formula is C22H16Cl2N2O3S. The van der Waals surface area contributed by atoms with Gasteiger partial charge in [-0.15, -0.1) is 11.3 Å². The van der Waals surface area contributed by atoms with E-state index in [1.165, 1.54) is 23.5 Å². The molecule has 0 unspecified atom stereocenters. The van der Waals surface area contributed by atoms with Crippen molar-refractivity contribution in [2.24, 2.45) is 0 Å². The maximum atomic E-state index is 13.3. The molecule has 0 saturated heterocycles. The standard InChI is InChI=1S/C22H16Cl2N2O3S/c1-2-29-17-7-5-15(6-8-17)25-20-19(18-4-3-9-30-18)21(27)26(22(20)28)16-11-13(23)10-14(24)12-16/h3-12,25H,2H2,1H3. The Hall–Kier alpha value is -2.80. The van der Waals surface area contributed by atoms with Gasteiger partial charge in [0.2, 0.25) is 0 Å². The first-order valence-corrected chi connectivity index (χ1v) is 10.7. The minimum Gasteiger partial charge on any atom is -0.494 e. The Morgan fingerprint density at radius 3 is 2.30 bits per heavy atom. The molecule has 0 saturated carbocycles. The molecule has 1 aromatic heterocycles. The van der Waals surface area contributed by atoms with Gasteiger partial charge in [-0.3, -0.25) is 9.59 Å². The quantitative estimate of drug-likeness (QED) is 0.470. The number of anilines is 2. The van der Waals surface area contributed by atoms with Gasteiger partial charge < -0.3 is 10.1 Å². The molecule has 1 aliphatic rings. The van der Waals surface area contributed by atoms with Crippen LogP contribution < -0.4 is 15.0 Å². The van der Waals surface area contributed by atoms with Crippen LogP contribution in [0.1, 0.15) is 11.8 Å². The molecule has 8 heteroatoms. The normalized spacial score (nSPS) is 13.9. The summed E-state index contributed by atoms with van der Waals surface area (Å²) >= 11 is 13.6. The van der Waals surface area contributed by atoms with Crippen LogP contribution in [0.25, 0.3) is 5.57 Å². The van der Waals surface area contributed by atoms with Crippen LogP contribution in [0.4, 0.5) is 11.4 Å². The first-order chi connectivity index (χ1) is 14.5. The minimum atomic E-state index is -0.476. The Morgan fingerprint density at radius 1 is 1.00 bits per heavy atom. The van der Waals surface area contributed by atoms with Crippen LogP contribution in [-0.4, -0.2) is 18.4 Å². The largest absolute Gasteiger partial charge is 0.494 e. The Bertz CT molecular complexity index is 1120. The molecule has 152 valence electrons. The lowest BCUT2D eigenvalue weighted by Gasteiger charge is -2.16. The first kappa shape index (κ1) is 20.5. The van der Waals surface area contributed by atoms with Crippen molar-refractivity contribution >= 4 is 63.3 Å². The first-order valence-electron chi connectivity index (χ1n) is 9.11. The van der Waals surface area contributed by atoms with E-state index in [-0.39, 0.29) is 5.70 Å². The second kappa shape index (κ2) is 8.52. The van der Waals surface area contributed by atoms with E-state index in [9.17, 15) is 9.59 Å². The maximum absolute atomic E-state index is 13.3. The van der Waals surface area contributed by atoms with Crippen molar-refractivity contribution in [2.45, 2.75) is 6.92 Å². The molecule has 0 aliphatic carbocycles. The molecule has 5 nitrogen and oxygen atoms in total. The second-order valence-corrected chi connectivity index (χ2v) is 8.20. The van der Waals surface area contributed by atoms with Gasteiger partial charge in [-0.25, -0.2) is 4.90 Å². The number of ether oxygens (including phenoxy) is 1. The fourth-order valence-electron chi connectivity index (χ4n) is 3.14. The zero-order valence-corrected chi connectivity index (χ0v) is 18.1. The summed E-state index contributed by atoms with van der Waals surface area (Å²) in [5, 5.41) is 5.64. The van der Waals surface area contributed by atoms with Crippen molar-refractivity contribution in [1.82, 2.24) is 0 Å². The molecule has 4 rings (SSSR count). The van der Waals surface area contributed by atoms with E-state index in [1.807, 2.05) is 18.4 Å². The lowest BCUT2D eigenvalue weighted by atomic mass is 10.2. The monoisotopic (exact) mass is 458 g/mol. The van der Waals surface area contributed by atoms with Gasteiger partial charge in [0.15, 0.2) is 0 Å². The highest BCUT2D eigenvalue weighted by atomic mass is 35.5. The lowest BCUT2D eigenvalue weighted by Crippen LogP contribution is -2.32. The van der Waals surface area contributed by atoms with E-state index in [0.717, 1.165) is 10.6 Å². The van der Waals surface area contributed by atoms with Gasteiger partial charge in [0.1, 0.15) is 11.4 Å². The number of carbonyl (C=O) groups is 2. The van der Waals surface area contributed by atoms with Crippen LogP contribution >= 0.6 is 34.5 Å². The number of nitrogens with zero attached hydrogens (tertiary/aromatic N) is 1. The molecule has 3 aromatic rings. The van der Waals surface area contributed by atoms with Crippen LogP contribution in [0.3, 0.4) is 0 Å². The molecule has 0 radical (unpaired) electrons. The van der Waals surface area contributed by atoms with Crippen LogP contribution in [0.5, 0.6) is 5.75 Å². The summed E-state index contributed by atoms with van der Waals surface area (Å²) in [6.07, 6.45) is 0. The molecule has 0 spiro atoms. The number of hydrogen-bond donors (Lipinski definition) is 1. The lowest BCUT2D eigenvalue weighted by molar-refractivity contribution is -0.120. The summed E-state index contributed by atoms with van der Waals surface area (Å²) < 4.78 is 5.45. The van der Waals surface area contributed by atoms with Gasteiger partial charge in [-0.05, 0) is 60.8 Å². The predicted octanol–water partition coefficient (Wildman–Crippen LogP) is 5.85. The van der Waals surface area contributed by atoms with Gasteiger partial charge in [-0.1, -0.05) is 29.3 Å². The van der Waals surface area contributed by atoms with Crippen LogP contribution in [-0.2, 0) is 9.59 Å². The van der Waals surface area contributed by atoms with Gasteiger partial charge in [0, 0.05) is 20.6 Å². The number of thiophene rings is 1. The highest BCUT2D eigenvalue weighted by Crippen LogP contribution is 2.37. The summed E-state index contributed by atoms with van der Waals surface area (Å²) in [6, 6.07) is 15.4. The number of hydrogen-bond acceptors (Lipinski definition) is 5. The van der Waals surface area contributed by atoms with Crippen LogP contribution in [0, 0.1) is 0 Å². The van der Waals surface area contributed by atoms with E-state index < -0.39 is 11.8 Å². The van der Waals surface area contributed by atoms with E-state index in [2.05, 4.69) is 5.32 Å². The molecule has 0 fully saturated rings. The third-order valence-electron chi connectivity index (χ3n) is 4.39. The Labute approximate surface area is 187 Å². The molecule has 2 aromatic carbocycles. The molecule has 2 heterocycles. The number of imide groups is 1. The maximum Gasteiger partial charge on any atom is 0.282 e. The number of carbonyl (C=O) groups excluding carboxylic acids is 2. The highest BCUT2D eigenvalue weighted by molar-refractivity contribution is 7.11. The Morgan fingerprint density at radius 2 is 1.70 bits per heavy atom. The molecule has 1 aliphatic heterocycles. The fraction of sp³-hybridized carbons (Fsp3) is 0.0909. The zero-order chi connectivity index (χ0) is 21.3. The van der Waals surface area contributed by atoms with Gasteiger partial charge in [0.05, 0.1) is 17.9 Å². The van der Waals surface area contributed by atoms with E-state index in [4.69, 9.17) is 27.9 Å². The van der Waals surface area contributed by atoms with Gasteiger partial charge in [-0.2, -0.15) is 0 Å². The van der Waals surface area contributed by atoms with Crippen molar-refractivity contribution in [3.63, 3.8) is 0 Å². The summed E-state index contributed by atoms with van der Waals surface area (Å²) in [7, 11) is 0. The van der Waals surface area contributed by atoms with E-state index >= 15 is 0 Å². The highest BCUT2D eigenvalue weighted by Gasteiger charge is 2.40. The molecule has 0 atom stereocenters. The molecular weight excluding hydrogens is 443 g/mol. The van der Waals surface area contributed by atoms with E-state index in [0.29, 0.717) is 38.5 Å². The summed E-state index contributed by atoms with van der Waals surface area (Å²) in [5.74, 6) is -0.190. The topological polar surface area (TPSA) is 58.6 Å². The third-order valence-corrected chi connectivity index (χ3v) is 5.72. The number of nitrogens with one attached hydrogen (secondary N) is 1. The van der Waals surface area contributed by atoms with Crippen molar-refractivity contribution in [2.75, 3.05) is 16.8 Å². The van der Waals surface area contributed by atoms with Crippen LogP contribution in [0.2, 0.25) is 10.0 Å².